The predicted octanol–water partition coefficient (Wildman–Crippen LogP) is 4.29. The van der Waals surface area contributed by atoms with Crippen LogP contribution in [-0.2, 0) is 9.47 Å². The summed E-state index contributed by atoms with van der Waals surface area (Å²) in [6.07, 6.45) is 5.83. The molecule has 0 fully saturated rings. The van der Waals surface area contributed by atoms with Gasteiger partial charge in [-0.25, -0.2) is 0 Å². The van der Waals surface area contributed by atoms with E-state index < -0.39 is 5.60 Å². The molecule has 1 aromatic rings. The SMILES string of the molecule is CCN(CCOCOC)c1ccc(/C=C/C2=C(CCO)C(O)(CC#N)CC(C)(C)C2)cc1. The number of nitrogens with zero attached hydrogens (tertiary/aromatic N) is 2. The first-order valence-corrected chi connectivity index (χ1v) is 11.3. The third kappa shape index (κ3) is 7.18. The molecule has 0 radical (unpaired) electrons. The van der Waals surface area contributed by atoms with E-state index in [0.717, 1.165) is 41.9 Å². The van der Waals surface area contributed by atoms with E-state index in [-0.39, 0.29) is 18.4 Å². The molecule has 6 heteroatoms. The molecule has 0 saturated carbocycles. The van der Waals surface area contributed by atoms with Crippen molar-refractivity contribution in [3.8, 4) is 6.07 Å². The number of nitriles is 1. The summed E-state index contributed by atoms with van der Waals surface area (Å²) in [5, 5.41) is 30.1. The van der Waals surface area contributed by atoms with Crippen molar-refractivity contribution in [2.45, 2.75) is 52.1 Å². The van der Waals surface area contributed by atoms with Crippen molar-refractivity contribution in [1.82, 2.24) is 0 Å². The van der Waals surface area contributed by atoms with Gasteiger partial charge in [-0.15, -0.1) is 0 Å². The van der Waals surface area contributed by atoms with Crippen molar-refractivity contribution in [3.05, 3.63) is 47.1 Å². The number of anilines is 1. The standard InChI is InChI=1S/C26H38N2O4/c1-5-28(15-17-32-20-31-4)23-10-7-21(8-11-23)6-9-22-18-25(2,3)19-26(30,13-14-27)24(22)12-16-29/h6-11,29-30H,5,12-13,15-20H2,1-4H3/b9-6+. The number of ether oxygens (including phenoxy) is 2. The van der Waals surface area contributed by atoms with Gasteiger partial charge in [0.15, 0.2) is 0 Å². The van der Waals surface area contributed by atoms with Crippen LogP contribution in [0.5, 0.6) is 0 Å². The number of allylic oxidation sites excluding steroid dienone is 2. The Bertz CT molecular complexity index is 823. The number of likely N-dealkylation sites (N-methyl/N-ethyl adjacent to an activating group) is 1. The molecular weight excluding hydrogens is 404 g/mol. The molecule has 1 aliphatic carbocycles. The van der Waals surface area contributed by atoms with Crippen LogP contribution in [-0.4, -0.2) is 56.0 Å². The van der Waals surface area contributed by atoms with Gasteiger partial charge in [0.2, 0.25) is 0 Å². The molecule has 1 aliphatic rings. The van der Waals surface area contributed by atoms with Crippen LogP contribution in [0.3, 0.4) is 0 Å². The van der Waals surface area contributed by atoms with Crippen molar-refractivity contribution in [2.24, 2.45) is 5.41 Å². The molecule has 0 bridgehead atoms. The van der Waals surface area contributed by atoms with Gasteiger partial charge < -0.3 is 24.6 Å². The van der Waals surface area contributed by atoms with Gasteiger partial charge in [0, 0.05) is 32.5 Å². The summed E-state index contributed by atoms with van der Waals surface area (Å²) >= 11 is 0. The summed E-state index contributed by atoms with van der Waals surface area (Å²) < 4.78 is 10.3. The molecule has 176 valence electrons. The maximum atomic E-state index is 11.2. The van der Waals surface area contributed by atoms with Gasteiger partial charge in [0.1, 0.15) is 6.79 Å². The summed E-state index contributed by atoms with van der Waals surface area (Å²) in [4.78, 5) is 2.25. The average Bonchev–Trinajstić information content (AvgIpc) is 2.75. The molecule has 0 aromatic heterocycles. The molecule has 1 aromatic carbocycles. The Morgan fingerprint density at radius 2 is 1.94 bits per heavy atom. The summed E-state index contributed by atoms with van der Waals surface area (Å²) in [6.45, 7) is 8.88. The molecule has 1 unspecified atom stereocenters. The first kappa shape index (κ1) is 26.1. The highest BCUT2D eigenvalue weighted by molar-refractivity contribution is 5.59. The first-order chi connectivity index (χ1) is 15.3. The second kappa shape index (κ2) is 12.2. The Hall–Kier alpha value is -2.17. The van der Waals surface area contributed by atoms with Gasteiger partial charge in [-0.05, 0) is 60.4 Å². The lowest BCUT2D eigenvalue weighted by atomic mass is 9.65. The third-order valence-corrected chi connectivity index (χ3v) is 5.95. The van der Waals surface area contributed by atoms with E-state index >= 15 is 0 Å². The molecule has 0 aliphatic heterocycles. The van der Waals surface area contributed by atoms with Crippen LogP contribution in [0.15, 0.2) is 41.5 Å². The number of rotatable bonds is 12. The van der Waals surface area contributed by atoms with Crippen molar-refractivity contribution in [1.29, 1.82) is 5.26 Å². The van der Waals surface area contributed by atoms with Crippen LogP contribution < -0.4 is 4.90 Å². The fraction of sp³-hybridized carbons (Fsp3) is 0.577. The number of methoxy groups -OCH3 is 1. The van der Waals surface area contributed by atoms with Gasteiger partial charge in [-0.3, -0.25) is 0 Å². The largest absolute Gasteiger partial charge is 0.396 e. The van der Waals surface area contributed by atoms with Crippen LogP contribution in [0.2, 0.25) is 0 Å². The zero-order chi connectivity index (χ0) is 23.6. The highest BCUT2D eigenvalue weighted by atomic mass is 16.7. The van der Waals surface area contributed by atoms with Gasteiger partial charge in [0.05, 0.1) is 24.7 Å². The Labute approximate surface area is 192 Å². The highest BCUT2D eigenvalue weighted by Crippen LogP contribution is 2.47. The topological polar surface area (TPSA) is 86.0 Å². The molecule has 32 heavy (non-hydrogen) atoms. The molecule has 2 N–H and O–H groups in total. The smallest absolute Gasteiger partial charge is 0.146 e. The minimum atomic E-state index is -1.19. The lowest BCUT2D eigenvalue weighted by Gasteiger charge is -2.43. The molecule has 1 atom stereocenters. The number of hydrogen-bond acceptors (Lipinski definition) is 6. The van der Waals surface area contributed by atoms with Gasteiger partial charge in [0.25, 0.3) is 0 Å². The van der Waals surface area contributed by atoms with E-state index in [1.54, 1.807) is 7.11 Å². The minimum Gasteiger partial charge on any atom is -0.396 e. The molecule has 0 heterocycles. The summed E-state index contributed by atoms with van der Waals surface area (Å²) in [5.41, 5.74) is 2.69. The lowest BCUT2D eigenvalue weighted by Crippen LogP contribution is -2.41. The first-order valence-electron chi connectivity index (χ1n) is 11.3. The zero-order valence-electron chi connectivity index (χ0n) is 19.9. The normalized spacial score (nSPS) is 20.5. The zero-order valence-corrected chi connectivity index (χ0v) is 19.9. The van der Waals surface area contributed by atoms with Gasteiger partial charge in [-0.2, -0.15) is 5.26 Å². The van der Waals surface area contributed by atoms with Crippen molar-refractivity contribution in [3.63, 3.8) is 0 Å². The number of hydrogen-bond donors (Lipinski definition) is 2. The van der Waals surface area contributed by atoms with Crippen LogP contribution in [0.4, 0.5) is 5.69 Å². The van der Waals surface area contributed by atoms with Crippen LogP contribution in [0, 0.1) is 16.7 Å². The van der Waals surface area contributed by atoms with E-state index in [1.165, 1.54) is 0 Å². The van der Waals surface area contributed by atoms with Crippen molar-refractivity contribution < 1.29 is 19.7 Å². The number of aliphatic hydroxyl groups is 2. The molecule has 2 rings (SSSR count). The van der Waals surface area contributed by atoms with E-state index in [1.807, 2.05) is 12.2 Å². The van der Waals surface area contributed by atoms with E-state index in [4.69, 9.17) is 9.47 Å². The Morgan fingerprint density at radius 1 is 1.22 bits per heavy atom. The third-order valence-electron chi connectivity index (χ3n) is 5.95. The van der Waals surface area contributed by atoms with E-state index in [0.29, 0.717) is 26.2 Å². The molecule has 0 saturated heterocycles. The Morgan fingerprint density at radius 3 is 2.53 bits per heavy atom. The summed E-state index contributed by atoms with van der Waals surface area (Å²) in [6, 6.07) is 10.5. The highest BCUT2D eigenvalue weighted by Gasteiger charge is 2.42. The van der Waals surface area contributed by atoms with E-state index in [9.17, 15) is 15.5 Å². The lowest BCUT2D eigenvalue weighted by molar-refractivity contribution is -0.0274. The maximum absolute atomic E-state index is 11.2. The maximum Gasteiger partial charge on any atom is 0.146 e. The Kier molecular flexibility index (Phi) is 9.92. The number of aliphatic hydroxyl groups excluding tert-OH is 1. The average molecular weight is 443 g/mol. The van der Waals surface area contributed by atoms with Crippen LogP contribution in [0.1, 0.15) is 52.0 Å². The number of benzene rings is 1. The monoisotopic (exact) mass is 442 g/mol. The molecular formula is C26H38N2O4. The predicted molar refractivity (Wildman–Crippen MR) is 128 cm³/mol. The summed E-state index contributed by atoms with van der Waals surface area (Å²) in [7, 11) is 1.62. The molecule has 6 nitrogen and oxygen atoms in total. The molecule has 0 spiro atoms. The molecule has 0 amide bonds. The second-order valence-corrected chi connectivity index (χ2v) is 9.18. The van der Waals surface area contributed by atoms with Gasteiger partial charge >= 0.3 is 0 Å². The quantitative estimate of drug-likeness (QED) is 0.371. The second-order valence-electron chi connectivity index (χ2n) is 9.18. The van der Waals surface area contributed by atoms with Crippen molar-refractivity contribution >= 4 is 11.8 Å². The summed E-state index contributed by atoms with van der Waals surface area (Å²) in [5.74, 6) is 0. The fourth-order valence-corrected chi connectivity index (χ4v) is 4.63. The van der Waals surface area contributed by atoms with Crippen LogP contribution in [0.25, 0.3) is 6.08 Å². The minimum absolute atomic E-state index is 0.0404. The van der Waals surface area contributed by atoms with E-state index in [2.05, 4.69) is 56.0 Å². The Balaban J connectivity index is 2.21. The fourth-order valence-electron chi connectivity index (χ4n) is 4.63. The van der Waals surface area contributed by atoms with Crippen LogP contribution >= 0.6 is 0 Å². The van der Waals surface area contributed by atoms with Crippen molar-refractivity contribution in [2.75, 3.05) is 45.1 Å². The van der Waals surface area contributed by atoms with Gasteiger partial charge in [-0.1, -0.05) is 38.1 Å².